The molecule has 15 heavy (non-hydrogen) atoms. The van der Waals surface area contributed by atoms with Gasteiger partial charge in [0.05, 0.1) is 5.69 Å². The first kappa shape index (κ1) is 11.5. The lowest BCUT2D eigenvalue weighted by atomic mass is 9.96. The molecule has 0 aliphatic rings. The molecule has 0 aliphatic heterocycles. The number of hydrogen-bond acceptors (Lipinski definition) is 3. The van der Waals surface area contributed by atoms with Crippen LogP contribution in [0.25, 0.3) is 0 Å². The van der Waals surface area contributed by atoms with Crippen LogP contribution in [0.2, 0.25) is 0 Å². The smallest absolute Gasteiger partial charge is 0.163 e. The minimum atomic E-state index is 0.206. The predicted octanol–water partition coefficient (Wildman–Crippen LogP) is 2.44. The minimum Gasteiger partial charge on any atom is -0.372 e. The molecule has 3 nitrogen and oxygen atoms in total. The quantitative estimate of drug-likeness (QED) is 0.741. The molecule has 1 heterocycles. The van der Waals surface area contributed by atoms with Gasteiger partial charge in [-0.2, -0.15) is 5.26 Å². The molecule has 0 atom stereocenters. The third-order valence-electron chi connectivity index (χ3n) is 2.02. The molecule has 1 aromatic rings. The van der Waals surface area contributed by atoms with Gasteiger partial charge in [0.15, 0.2) is 5.69 Å². The highest BCUT2D eigenvalue weighted by Crippen LogP contribution is 2.21. The first-order valence-electron chi connectivity index (χ1n) is 5.00. The fourth-order valence-electron chi connectivity index (χ4n) is 1.59. The lowest BCUT2D eigenvalue weighted by Crippen LogP contribution is -2.29. The molecular formula is C12H17N3. The van der Waals surface area contributed by atoms with Crippen molar-refractivity contribution in [3.63, 3.8) is 0 Å². The number of aromatic nitrogens is 1. The summed E-state index contributed by atoms with van der Waals surface area (Å²) in [5.74, 6) is 0. The summed E-state index contributed by atoms with van der Waals surface area (Å²) in [6, 6.07) is 5.89. The summed E-state index contributed by atoms with van der Waals surface area (Å²) in [7, 11) is 1.99. The van der Waals surface area contributed by atoms with Crippen molar-refractivity contribution in [3.05, 3.63) is 24.0 Å². The topological polar surface area (TPSA) is 39.9 Å². The summed E-state index contributed by atoms with van der Waals surface area (Å²) < 4.78 is 0. The van der Waals surface area contributed by atoms with E-state index >= 15 is 0 Å². The van der Waals surface area contributed by atoms with Crippen molar-refractivity contribution in [3.8, 4) is 6.07 Å². The number of nitriles is 1. The summed E-state index contributed by atoms with van der Waals surface area (Å²) >= 11 is 0. The minimum absolute atomic E-state index is 0.206. The Bertz CT molecular complexity index is 371. The maximum Gasteiger partial charge on any atom is 0.163 e. The number of nitrogens with zero attached hydrogens (tertiary/aromatic N) is 3. The van der Waals surface area contributed by atoms with Crippen molar-refractivity contribution in [2.45, 2.75) is 20.8 Å². The molecule has 0 N–H and O–H groups in total. The van der Waals surface area contributed by atoms with Crippen LogP contribution < -0.4 is 4.90 Å². The van der Waals surface area contributed by atoms with Crippen LogP contribution in [0.3, 0.4) is 0 Å². The monoisotopic (exact) mass is 203 g/mol. The van der Waals surface area contributed by atoms with Gasteiger partial charge in [0.25, 0.3) is 0 Å². The molecule has 3 heteroatoms. The van der Waals surface area contributed by atoms with Crippen LogP contribution in [-0.4, -0.2) is 18.6 Å². The standard InChI is InChI=1S/C12H17N3/c1-12(2,3)9-15(4)11-6-5-7-14-10(11)8-13/h5-7H,9H2,1-4H3. The maximum absolute atomic E-state index is 8.93. The molecule has 0 fully saturated rings. The summed E-state index contributed by atoms with van der Waals surface area (Å²) in [5.41, 5.74) is 1.59. The highest BCUT2D eigenvalue weighted by Gasteiger charge is 2.16. The summed E-state index contributed by atoms with van der Waals surface area (Å²) in [4.78, 5) is 6.12. The van der Waals surface area contributed by atoms with Crippen molar-refractivity contribution in [2.24, 2.45) is 5.41 Å². The van der Waals surface area contributed by atoms with Gasteiger partial charge in [-0.05, 0) is 17.5 Å². The van der Waals surface area contributed by atoms with Gasteiger partial charge < -0.3 is 4.90 Å². The lowest BCUT2D eigenvalue weighted by Gasteiger charge is -2.28. The van der Waals surface area contributed by atoms with Gasteiger partial charge in [-0.15, -0.1) is 0 Å². The van der Waals surface area contributed by atoms with E-state index in [1.54, 1.807) is 6.20 Å². The largest absolute Gasteiger partial charge is 0.372 e. The Labute approximate surface area is 91.4 Å². The van der Waals surface area contributed by atoms with Crippen LogP contribution in [-0.2, 0) is 0 Å². The zero-order valence-corrected chi connectivity index (χ0v) is 9.78. The zero-order valence-electron chi connectivity index (χ0n) is 9.78. The van der Waals surface area contributed by atoms with E-state index in [4.69, 9.17) is 5.26 Å². The van der Waals surface area contributed by atoms with Crippen LogP contribution in [0.4, 0.5) is 5.69 Å². The van der Waals surface area contributed by atoms with Gasteiger partial charge in [0.1, 0.15) is 6.07 Å². The molecule has 1 aromatic heterocycles. The maximum atomic E-state index is 8.93. The Morgan fingerprint density at radius 3 is 2.67 bits per heavy atom. The summed E-state index contributed by atoms with van der Waals surface area (Å²) in [6.07, 6.45) is 1.65. The number of pyridine rings is 1. The van der Waals surface area contributed by atoms with E-state index in [0.29, 0.717) is 5.69 Å². The van der Waals surface area contributed by atoms with E-state index in [0.717, 1.165) is 12.2 Å². The molecule has 0 saturated heterocycles. The van der Waals surface area contributed by atoms with E-state index in [-0.39, 0.29) is 5.41 Å². The van der Waals surface area contributed by atoms with Gasteiger partial charge in [-0.25, -0.2) is 4.98 Å². The van der Waals surface area contributed by atoms with Crippen molar-refractivity contribution >= 4 is 5.69 Å². The molecule has 1 rings (SSSR count). The number of anilines is 1. The van der Waals surface area contributed by atoms with Gasteiger partial charge in [0, 0.05) is 19.8 Å². The molecule has 0 amide bonds. The summed E-state index contributed by atoms with van der Waals surface area (Å²) in [6.45, 7) is 7.41. The van der Waals surface area contributed by atoms with Crippen LogP contribution in [0.5, 0.6) is 0 Å². The Balaban J connectivity index is 2.92. The molecule has 0 bridgehead atoms. The highest BCUT2D eigenvalue weighted by atomic mass is 15.1. The van der Waals surface area contributed by atoms with E-state index in [1.807, 2.05) is 19.2 Å². The fourth-order valence-corrected chi connectivity index (χ4v) is 1.59. The van der Waals surface area contributed by atoms with Crippen LogP contribution in [0.15, 0.2) is 18.3 Å². The zero-order chi connectivity index (χ0) is 11.5. The second-order valence-corrected chi connectivity index (χ2v) is 4.90. The average Bonchev–Trinajstić information content (AvgIpc) is 2.15. The van der Waals surface area contributed by atoms with Crippen molar-refractivity contribution in [1.82, 2.24) is 4.98 Å². The van der Waals surface area contributed by atoms with E-state index in [9.17, 15) is 0 Å². The first-order valence-corrected chi connectivity index (χ1v) is 5.00. The molecular weight excluding hydrogens is 186 g/mol. The number of rotatable bonds is 2. The molecule has 80 valence electrons. The third-order valence-corrected chi connectivity index (χ3v) is 2.02. The van der Waals surface area contributed by atoms with Gasteiger partial charge in [0.2, 0.25) is 0 Å². The normalized spacial score (nSPS) is 10.9. The molecule has 0 aliphatic carbocycles. The summed E-state index contributed by atoms with van der Waals surface area (Å²) in [5, 5.41) is 8.93. The van der Waals surface area contributed by atoms with Crippen LogP contribution >= 0.6 is 0 Å². The second kappa shape index (κ2) is 4.31. The number of hydrogen-bond donors (Lipinski definition) is 0. The molecule has 0 spiro atoms. The second-order valence-electron chi connectivity index (χ2n) is 4.90. The van der Waals surface area contributed by atoms with E-state index < -0.39 is 0 Å². The molecule has 0 saturated carbocycles. The molecule has 0 aromatic carbocycles. The van der Waals surface area contributed by atoms with Crippen LogP contribution in [0, 0.1) is 16.7 Å². The Kier molecular flexibility index (Phi) is 3.31. The van der Waals surface area contributed by atoms with E-state index in [2.05, 4.69) is 36.7 Å². The SMILES string of the molecule is CN(CC(C)(C)C)c1cccnc1C#N. The third kappa shape index (κ3) is 3.25. The van der Waals surface area contributed by atoms with Gasteiger partial charge in [-0.1, -0.05) is 20.8 Å². The van der Waals surface area contributed by atoms with Gasteiger partial charge in [-0.3, -0.25) is 0 Å². The predicted molar refractivity (Wildman–Crippen MR) is 61.7 cm³/mol. The van der Waals surface area contributed by atoms with Gasteiger partial charge >= 0.3 is 0 Å². The Morgan fingerprint density at radius 1 is 1.47 bits per heavy atom. The molecule has 0 unspecified atom stereocenters. The first-order chi connectivity index (χ1) is 6.94. The molecule has 0 radical (unpaired) electrons. The Morgan fingerprint density at radius 2 is 2.13 bits per heavy atom. The van der Waals surface area contributed by atoms with Crippen molar-refractivity contribution in [2.75, 3.05) is 18.5 Å². The highest BCUT2D eigenvalue weighted by molar-refractivity contribution is 5.55. The average molecular weight is 203 g/mol. The lowest BCUT2D eigenvalue weighted by molar-refractivity contribution is 0.419. The van der Waals surface area contributed by atoms with Crippen molar-refractivity contribution < 1.29 is 0 Å². The van der Waals surface area contributed by atoms with E-state index in [1.165, 1.54) is 0 Å². The fraction of sp³-hybridized carbons (Fsp3) is 0.500. The van der Waals surface area contributed by atoms with Crippen LogP contribution in [0.1, 0.15) is 26.5 Å². The van der Waals surface area contributed by atoms with Crippen molar-refractivity contribution in [1.29, 1.82) is 5.26 Å². The Hall–Kier alpha value is -1.56.